The number of imidazole rings is 2. The second-order valence-electron chi connectivity index (χ2n) is 14.9. The molecule has 1 fully saturated rings. The second kappa shape index (κ2) is 17.1. The molecule has 1 aliphatic rings. The fourth-order valence-corrected chi connectivity index (χ4v) is 7.08. The summed E-state index contributed by atoms with van der Waals surface area (Å²) < 4.78 is 9.43. The maximum atomic E-state index is 13.5. The van der Waals surface area contributed by atoms with Gasteiger partial charge in [0.25, 0.3) is 0 Å². The van der Waals surface area contributed by atoms with Gasteiger partial charge in [-0.3, -0.25) is 9.59 Å². The fraction of sp³-hybridized carbons (Fsp3) is 0.381. The molecule has 1 saturated heterocycles. The zero-order valence-electron chi connectivity index (χ0n) is 32.8. The van der Waals surface area contributed by atoms with Gasteiger partial charge in [0.2, 0.25) is 11.8 Å². The number of ether oxygens (including phenoxy) is 2. The number of methoxy groups -OCH3 is 2. The highest BCUT2D eigenvalue weighted by Gasteiger charge is 2.37. The number of nitrogens with zero attached hydrogens (tertiary/aromatic N) is 3. The van der Waals surface area contributed by atoms with Gasteiger partial charge in [-0.2, -0.15) is 0 Å². The van der Waals surface area contributed by atoms with E-state index in [1.807, 2.05) is 45.6 Å². The van der Waals surface area contributed by atoms with Gasteiger partial charge >= 0.3 is 12.2 Å². The quantitative estimate of drug-likeness (QED) is 0.0911. The van der Waals surface area contributed by atoms with Gasteiger partial charge < -0.3 is 40.3 Å². The van der Waals surface area contributed by atoms with E-state index >= 15 is 0 Å². The normalized spacial score (nSPS) is 15.7. The van der Waals surface area contributed by atoms with Crippen LogP contribution in [0.5, 0.6) is 0 Å². The van der Waals surface area contributed by atoms with E-state index < -0.39 is 30.3 Å². The number of hydrogen-bond acceptors (Lipinski definition) is 8. The number of hydrogen-bond donors (Lipinski definition) is 5. The number of rotatable bonds is 12. The monoisotopic (exact) mass is 762 g/mol. The molecule has 294 valence electrons. The Bertz CT molecular complexity index is 2190. The molecular formula is C42H50N8O6. The van der Waals surface area contributed by atoms with E-state index in [4.69, 9.17) is 4.74 Å². The van der Waals surface area contributed by atoms with Crippen LogP contribution in [0.15, 0.2) is 73.1 Å². The number of aromatic amines is 2. The van der Waals surface area contributed by atoms with Crippen molar-refractivity contribution in [2.75, 3.05) is 20.8 Å². The van der Waals surface area contributed by atoms with Crippen molar-refractivity contribution in [2.45, 2.75) is 71.6 Å². The van der Waals surface area contributed by atoms with E-state index in [1.165, 1.54) is 14.2 Å². The summed E-state index contributed by atoms with van der Waals surface area (Å²) in [6.07, 6.45) is 3.90. The van der Waals surface area contributed by atoms with Crippen molar-refractivity contribution in [3.05, 3.63) is 84.7 Å². The first-order valence-corrected chi connectivity index (χ1v) is 18.9. The first-order valence-electron chi connectivity index (χ1n) is 18.9. The minimum absolute atomic E-state index is 0.105. The number of likely N-dealkylation sites (tertiary alicyclic amines) is 1. The zero-order valence-corrected chi connectivity index (χ0v) is 32.8. The summed E-state index contributed by atoms with van der Waals surface area (Å²) >= 11 is 0. The maximum Gasteiger partial charge on any atom is 0.407 e. The molecule has 0 saturated carbocycles. The summed E-state index contributed by atoms with van der Waals surface area (Å²) in [6, 6.07) is 18.8. The summed E-state index contributed by atoms with van der Waals surface area (Å²) in [5, 5.41) is 10.4. The van der Waals surface area contributed by atoms with Gasteiger partial charge in [-0.1, -0.05) is 76.2 Å². The molecule has 0 bridgehead atoms. The van der Waals surface area contributed by atoms with Crippen LogP contribution in [0.3, 0.4) is 0 Å². The lowest BCUT2D eigenvalue weighted by Gasteiger charge is -2.30. The smallest absolute Gasteiger partial charge is 0.407 e. The van der Waals surface area contributed by atoms with E-state index in [0.717, 1.165) is 63.1 Å². The van der Waals surface area contributed by atoms with Crippen molar-refractivity contribution in [1.29, 1.82) is 0 Å². The highest BCUT2D eigenvalue weighted by molar-refractivity contribution is 5.91. The molecule has 5 N–H and O–H groups in total. The number of fused-ring (bicyclic) bond motifs is 1. The predicted molar refractivity (Wildman–Crippen MR) is 213 cm³/mol. The average molecular weight is 763 g/mol. The van der Waals surface area contributed by atoms with Crippen LogP contribution in [0.2, 0.25) is 0 Å². The molecule has 5 aromatic rings. The molecule has 3 aromatic carbocycles. The summed E-state index contributed by atoms with van der Waals surface area (Å²) in [4.78, 5) is 68.0. The second-order valence-corrected chi connectivity index (χ2v) is 14.9. The number of carbonyl (C=O) groups is 4. The molecule has 0 radical (unpaired) electrons. The molecule has 0 aliphatic carbocycles. The molecule has 4 amide bonds. The fourth-order valence-electron chi connectivity index (χ4n) is 7.08. The van der Waals surface area contributed by atoms with Gasteiger partial charge in [0.15, 0.2) is 0 Å². The van der Waals surface area contributed by atoms with Gasteiger partial charge in [-0.05, 0) is 71.2 Å². The minimum Gasteiger partial charge on any atom is -0.453 e. The molecule has 14 nitrogen and oxygen atoms in total. The first kappa shape index (κ1) is 39.5. The van der Waals surface area contributed by atoms with Crippen LogP contribution in [-0.4, -0.2) is 81.7 Å². The molecule has 14 heteroatoms. The van der Waals surface area contributed by atoms with Gasteiger partial charge in [0.1, 0.15) is 23.7 Å². The lowest BCUT2D eigenvalue weighted by Crippen LogP contribution is -2.51. The number of benzene rings is 3. The molecule has 6 rings (SSSR count). The van der Waals surface area contributed by atoms with Crippen LogP contribution in [0.1, 0.15) is 71.2 Å². The Hall–Kier alpha value is -6.18. The van der Waals surface area contributed by atoms with Crippen LogP contribution in [0.4, 0.5) is 9.59 Å². The lowest BCUT2D eigenvalue weighted by molar-refractivity contribution is -0.135. The van der Waals surface area contributed by atoms with Crippen molar-refractivity contribution in [3.8, 4) is 33.6 Å². The molecule has 56 heavy (non-hydrogen) atoms. The molecule has 4 unspecified atom stereocenters. The van der Waals surface area contributed by atoms with Gasteiger partial charge in [-0.15, -0.1) is 0 Å². The number of nitrogens with one attached hydrogen (secondary N) is 5. The summed E-state index contributed by atoms with van der Waals surface area (Å²) in [5.41, 5.74) is 5.77. The van der Waals surface area contributed by atoms with Crippen molar-refractivity contribution in [3.63, 3.8) is 0 Å². The van der Waals surface area contributed by atoms with Crippen molar-refractivity contribution >= 4 is 34.8 Å². The van der Waals surface area contributed by atoms with E-state index in [1.54, 1.807) is 12.4 Å². The Morgan fingerprint density at radius 1 is 0.696 bits per heavy atom. The van der Waals surface area contributed by atoms with Crippen LogP contribution >= 0.6 is 0 Å². The largest absolute Gasteiger partial charge is 0.453 e. The van der Waals surface area contributed by atoms with Crippen LogP contribution in [0, 0.1) is 11.8 Å². The summed E-state index contributed by atoms with van der Waals surface area (Å²) in [7, 11) is 2.55. The Kier molecular flexibility index (Phi) is 12.1. The van der Waals surface area contributed by atoms with Crippen LogP contribution in [-0.2, 0) is 19.1 Å². The third-order valence-corrected chi connectivity index (χ3v) is 10.3. The zero-order chi connectivity index (χ0) is 40.1. The number of aromatic nitrogens is 4. The van der Waals surface area contributed by atoms with E-state index in [2.05, 4.69) is 95.2 Å². The topological polar surface area (TPSA) is 183 Å². The third-order valence-electron chi connectivity index (χ3n) is 10.3. The Labute approximate surface area is 326 Å². The highest BCUT2D eigenvalue weighted by atomic mass is 16.5. The van der Waals surface area contributed by atoms with Gasteiger partial charge in [0, 0.05) is 12.1 Å². The van der Waals surface area contributed by atoms with E-state index in [9.17, 15) is 19.2 Å². The number of alkyl carbamates (subject to hydrolysis) is 2. The Morgan fingerprint density at radius 2 is 1.25 bits per heavy atom. The maximum absolute atomic E-state index is 13.5. The van der Waals surface area contributed by atoms with Crippen molar-refractivity contribution < 1.29 is 28.7 Å². The Balaban J connectivity index is 1.11. The van der Waals surface area contributed by atoms with Gasteiger partial charge in [-0.25, -0.2) is 19.6 Å². The molecule has 0 spiro atoms. The molecule has 1 aliphatic heterocycles. The lowest BCUT2D eigenvalue weighted by atomic mass is 9.98. The molecule has 3 heterocycles. The molecule has 2 aromatic heterocycles. The third kappa shape index (κ3) is 8.69. The predicted octanol–water partition coefficient (Wildman–Crippen LogP) is 6.89. The Morgan fingerprint density at radius 3 is 1.89 bits per heavy atom. The molecule has 4 atom stereocenters. The average Bonchev–Trinajstić information content (AvgIpc) is 4.00. The number of carbonyl (C=O) groups excluding carboxylic acids is 4. The van der Waals surface area contributed by atoms with E-state index in [0.29, 0.717) is 12.4 Å². The van der Waals surface area contributed by atoms with Crippen molar-refractivity contribution in [1.82, 2.24) is 40.8 Å². The van der Waals surface area contributed by atoms with Crippen molar-refractivity contribution in [2.24, 2.45) is 11.8 Å². The number of amides is 4. The van der Waals surface area contributed by atoms with Crippen LogP contribution in [0.25, 0.3) is 44.4 Å². The SMILES string of the molecule is COC(=O)NC(C(=O)NC(C)c1ncc(-c2ccc3cc(-c4ccc(-c5cnc(C6CCCN6C(=O)C(NC(=O)OC)C(C)C)[nH]5)cc4)ccc3c2)[nH]1)C(C)C. The van der Waals surface area contributed by atoms with Crippen LogP contribution < -0.4 is 16.0 Å². The highest BCUT2D eigenvalue weighted by Crippen LogP contribution is 2.34. The first-order chi connectivity index (χ1) is 26.9. The summed E-state index contributed by atoms with van der Waals surface area (Å²) in [6.45, 7) is 9.93. The summed E-state index contributed by atoms with van der Waals surface area (Å²) in [5.74, 6) is 0.613. The number of H-pyrrole nitrogens is 2. The minimum atomic E-state index is -0.746. The standard InChI is InChI=1S/C42H50N8O6/c1-23(2)35(48-41(53)55-6)39(51)45-25(5)37-43-22-33(46-37)31-17-16-29-19-28(14-15-30(29)20-31)26-10-12-27(13-11-26)32-21-44-38(47-32)34-9-8-18-50(34)40(52)36(24(3)4)49-42(54)56-7/h10-17,19-25,34-36H,8-9,18H2,1-7H3,(H,43,46)(H,44,47)(H,45,51)(H,48,53)(H,49,54). The van der Waals surface area contributed by atoms with E-state index in [-0.39, 0.29) is 29.7 Å². The molecular weight excluding hydrogens is 713 g/mol. The van der Waals surface area contributed by atoms with Gasteiger partial charge in [0.05, 0.1) is 50.1 Å².